The molecule has 0 spiro atoms. The predicted octanol–water partition coefficient (Wildman–Crippen LogP) is 2.31. The van der Waals surface area contributed by atoms with E-state index in [-0.39, 0.29) is 27.2 Å². The van der Waals surface area contributed by atoms with Crippen LogP contribution in [0, 0.1) is 5.82 Å². The van der Waals surface area contributed by atoms with Crippen LogP contribution < -0.4 is 11.1 Å². The van der Waals surface area contributed by atoms with Crippen LogP contribution >= 0.6 is 11.6 Å². The van der Waals surface area contributed by atoms with Crippen LogP contribution in [0.3, 0.4) is 0 Å². The summed E-state index contributed by atoms with van der Waals surface area (Å²) in [6.07, 6.45) is -3.38. The zero-order valence-electron chi connectivity index (χ0n) is 15.5. The molecule has 0 fully saturated rings. The van der Waals surface area contributed by atoms with Crippen molar-refractivity contribution in [3.63, 3.8) is 0 Å². The van der Waals surface area contributed by atoms with E-state index in [1.165, 1.54) is 12.3 Å². The van der Waals surface area contributed by atoms with Crippen molar-refractivity contribution in [3.05, 3.63) is 46.5 Å². The van der Waals surface area contributed by atoms with Crippen LogP contribution in [-0.4, -0.2) is 52.2 Å². The number of alkyl halides is 3. The van der Waals surface area contributed by atoms with Gasteiger partial charge in [0, 0.05) is 6.54 Å². The minimum Gasteiger partial charge on any atom is -0.382 e. The number of H-pyrrole nitrogens is 1. The molecule has 0 aliphatic carbocycles. The molecule has 1 atom stereocenters. The largest absolute Gasteiger partial charge is 0.493 e. The monoisotopic (exact) mass is 462 g/mol. The fourth-order valence-corrected chi connectivity index (χ4v) is 2.94. The van der Waals surface area contributed by atoms with Crippen molar-refractivity contribution in [3.8, 4) is 0 Å². The molecule has 1 aromatic carbocycles. The van der Waals surface area contributed by atoms with Gasteiger partial charge in [-0.05, 0) is 30.7 Å². The maximum Gasteiger partial charge on any atom is 0.493 e. The van der Waals surface area contributed by atoms with Crippen LogP contribution in [0.25, 0.3) is 0 Å². The maximum atomic E-state index is 13.6. The molecule has 9 nitrogen and oxygen atoms in total. The molecule has 1 unspecified atom stereocenters. The molecular weight excluding hydrogens is 448 g/mol. The number of rotatable bonds is 7. The maximum absolute atomic E-state index is 13.6. The van der Waals surface area contributed by atoms with Crippen LogP contribution in [0.1, 0.15) is 23.6 Å². The number of hydrazone groups is 1. The highest BCUT2D eigenvalue weighted by atomic mass is 35.5. The van der Waals surface area contributed by atoms with Gasteiger partial charge in [-0.2, -0.15) is 18.3 Å². The van der Waals surface area contributed by atoms with Gasteiger partial charge in [0.1, 0.15) is 23.1 Å². The second kappa shape index (κ2) is 8.89. The molecule has 0 saturated carbocycles. The van der Waals surface area contributed by atoms with E-state index in [4.69, 9.17) is 17.3 Å². The molecule has 1 aliphatic heterocycles. The van der Waals surface area contributed by atoms with Gasteiger partial charge in [0.15, 0.2) is 0 Å². The third-order valence-corrected chi connectivity index (χ3v) is 4.47. The Kier molecular flexibility index (Phi) is 6.45. The zero-order valence-corrected chi connectivity index (χ0v) is 16.3. The number of hydrogen-bond acceptors (Lipinski definition) is 7. The second-order valence-electron chi connectivity index (χ2n) is 6.31. The predicted molar refractivity (Wildman–Crippen MR) is 100 cm³/mol. The van der Waals surface area contributed by atoms with Gasteiger partial charge >= 0.3 is 12.1 Å². The van der Waals surface area contributed by atoms with Gasteiger partial charge in [-0.25, -0.2) is 9.18 Å². The fraction of sp³-hybridized carbons (Fsp3) is 0.294. The molecule has 0 radical (unpaired) electrons. The number of nitrogens with one attached hydrogen (secondary N) is 2. The Labute approximate surface area is 177 Å². The van der Waals surface area contributed by atoms with Crippen molar-refractivity contribution in [2.24, 2.45) is 10.8 Å². The van der Waals surface area contributed by atoms with Crippen molar-refractivity contribution < 1.29 is 32.0 Å². The summed E-state index contributed by atoms with van der Waals surface area (Å²) in [6, 6.07) is 3.33. The van der Waals surface area contributed by atoms with Crippen LogP contribution in [0.2, 0.25) is 5.02 Å². The summed E-state index contributed by atoms with van der Waals surface area (Å²) in [6.45, 7) is 0.835. The number of nitrogens with two attached hydrogens (primary N) is 1. The van der Waals surface area contributed by atoms with Crippen molar-refractivity contribution in [2.75, 3.05) is 18.4 Å². The lowest BCUT2D eigenvalue weighted by atomic mass is 9.92. The first-order valence-electron chi connectivity index (χ1n) is 8.77. The van der Waals surface area contributed by atoms with Crippen molar-refractivity contribution in [1.82, 2.24) is 15.4 Å². The van der Waals surface area contributed by atoms with E-state index in [1.807, 2.05) is 0 Å². The van der Waals surface area contributed by atoms with E-state index in [1.54, 1.807) is 0 Å². The van der Waals surface area contributed by atoms with Crippen LogP contribution in [0.5, 0.6) is 0 Å². The van der Waals surface area contributed by atoms with Gasteiger partial charge < -0.3 is 15.9 Å². The highest BCUT2D eigenvalue weighted by Gasteiger charge is 2.47. The summed E-state index contributed by atoms with van der Waals surface area (Å²) in [7, 11) is 0. The van der Waals surface area contributed by atoms with E-state index in [0.29, 0.717) is 25.2 Å². The second-order valence-corrected chi connectivity index (χ2v) is 6.71. The van der Waals surface area contributed by atoms with Gasteiger partial charge in [0.2, 0.25) is 0 Å². The molecule has 0 saturated heterocycles. The first-order valence-corrected chi connectivity index (χ1v) is 9.15. The highest BCUT2D eigenvalue weighted by molar-refractivity contribution is 6.31. The minimum atomic E-state index is -5.35. The average molecular weight is 463 g/mol. The third kappa shape index (κ3) is 4.77. The van der Waals surface area contributed by atoms with Crippen molar-refractivity contribution >= 4 is 34.9 Å². The summed E-state index contributed by atoms with van der Waals surface area (Å²) >= 11 is 5.79. The standard InChI is InChI=1S/C17H15ClF4N6O3/c18-9-6-8(2-3-10(9)19)12-14(13-11(7-25-26-13)24-5-1-4-23)27-28(15(12)29)31-16(30)17(20,21)22/h2-3,6-7,12,24H,1,4-5,23H2,(H,25,26). The van der Waals surface area contributed by atoms with Crippen LogP contribution in [0.15, 0.2) is 29.5 Å². The first-order chi connectivity index (χ1) is 14.6. The molecule has 2 heterocycles. The molecule has 1 amide bonds. The van der Waals surface area contributed by atoms with Crippen molar-refractivity contribution in [2.45, 2.75) is 18.5 Å². The molecule has 1 aromatic heterocycles. The van der Waals surface area contributed by atoms with Crippen LogP contribution in [-0.2, 0) is 14.4 Å². The quantitative estimate of drug-likeness (QED) is 0.428. The number of benzene rings is 1. The lowest BCUT2D eigenvalue weighted by Crippen LogP contribution is -2.35. The Balaban J connectivity index is 2.01. The number of hydroxylamine groups is 1. The lowest BCUT2D eigenvalue weighted by Gasteiger charge is -2.15. The van der Waals surface area contributed by atoms with Crippen molar-refractivity contribution in [1.29, 1.82) is 0 Å². The van der Waals surface area contributed by atoms with E-state index in [0.717, 1.165) is 12.1 Å². The van der Waals surface area contributed by atoms with Gasteiger partial charge in [-0.15, -0.1) is 5.10 Å². The SMILES string of the molecule is NCCCNc1cn[nH]c1C1=NN(OC(=O)C(F)(F)F)C(=O)C1c1ccc(F)c(Cl)c1. The van der Waals surface area contributed by atoms with Gasteiger partial charge in [0.25, 0.3) is 5.91 Å². The van der Waals surface area contributed by atoms with E-state index in [9.17, 15) is 27.2 Å². The van der Waals surface area contributed by atoms with Gasteiger partial charge in [-0.1, -0.05) is 22.8 Å². The molecule has 3 rings (SSSR count). The first kappa shape index (κ1) is 22.5. The zero-order chi connectivity index (χ0) is 22.8. The molecule has 31 heavy (non-hydrogen) atoms. The number of hydrogen-bond donors (Lipinski definition) is 3. The molecule has 1 aliphatic rings. The number of aromatic nitrogens is 2. The number of nitrogens with zero attached hydrogens (tertiary/aromatic N) is 3. The average Bonchev–Trinajstić information content (AvgIpc) is 3.28. The summed E-state index contributed by atoms with van der Waals surface area (Å²) in [5, 5.41) is 12.8. The lowest BCUT2D eigenvalue weighted by molar-refractivity contribution is -0.235. The number of anilines is 1. The molecule has 2 aromatic rings. The normalized spacial score (nSPS) is 16.5. The molecule has 4 N–H and O–H groups in total. The summed E-state index contributed by atoms with van der Waals surface area (Å²) < 4.78 is 51.4. The topological polar surface area (TPSA) is 126 Å². The Morgan fingerprint density at radius 2 is 2.13 bits per heavy atom. The van der Waals surface area contributed by atoms with E-state index in [2.05, 4.69) is 25.5 Å². The summed E-state index contributed by atoms with van der Waals surface area (Å²) in [4.78, 5) is 28.1. The number of carbonyl (C=O) groups is 2. The highest BCUT2D eigenvalue weighted by Crippen LogP contribution is 2.34. The number of aromatic amines is 1. The van der Waals surface area contributed by atoms with E-state index < -0.39 is 29.8 Å². The number of halogens is 5. The van der Waals surface area contributed by atoms with E-state index >= 15 is 0 Å². The minimum absolute atomic E-state index is 0.0579. The molecule has 14 heteroatoms. The third-order valence-electron chi connectivity index (χ3n) is 4.18. The Bertz CT molecular complexity index is 1030. The summed E-state index contributed by atoms with van der Waals surface area (Å²) in [5.74, 6) is -5.86. The molecular formula is C17H15ClF4N6O3. The Morgan fingerprint density at radius 1 is 1.39 bits per heavy atom. The summed E-state index contributed by atoms with van der Waals surface area (Å²) in [5.41, 5.74) is 5.98. The van der Waals surface area contributed by atoms with Crippen LogP contribution in [0.4, 0.5) is 23.2 Å². The number of carbonyl (C=O) groups excluding carboxylic acids is 2. The smallest absolute Gasteiger partial charge is 0.382 e. The Morgan fingerprint density at radius 3 is 2.77 bits per heavy atom. The number of amides is 1. The Hall–Kier alpha value is -3.19. The van der Waals surface area contributed by atoms with Gasteiger partial charge in [0.05, 0.1) is 16.9 Å². The molecule has 166 valence electrons. The van der Waals surface area contributed by atoms with Gasteiger partial charge in [-0.3, -0.25) is 9.89 Å². The fourth-order valence-electron chi connectivity index (χ4n) is 2.76. The molecule has 0 bridgehead atoms.